The van der Waals surface area contributed by atoms with Crippen LogP contribution in [0.5, 0.6) is 11.5 Å². The molecule has 2 heterocycles. The molecule has 0 bridgehead atoms. The van der Waals surface area contributed by atoms with Gasteiger partial charge in [0.05, 0.1) is 0 Å². The van der Waals surface area contributed by atoms with Gasteiger partial charge in [-0.25, -0.2) is 8.78 Å². The zero-order valence-corrected chi connectivity index (χ0v) is 17.3. The molecule has 10 heteroatoms. The van der Waals surface area contributed by atoms with Crippen molar-refractivity contribution in [2.24, 2.45) is 10.8 Å². The van der Waals surface area contributed by atoms with E-state index in [1.165, 1.54) is 6.42 Å². The average molecular weight is 445 g/mol. The van der Waals surface area contributed by atoms with Crippen molar-refractivity contribution in [3.63, 3.8) is 0 Å². The first-order chi connectivity index (χ1) is 15.0. The van der Waals surface area contributed by atoms with Crippen LogP contribution in [0.3, 0.4) is 0 Å². The Balaban J connectivity index is 1.48. The van der Waals surface area contributed by atoms with E-state index in [0.717, 1.165) is 55.7 Å². The van der Waals surface area contributed by atoms with E-state index in [1.54, 1.807) is 24.3 Å². The molecule has 0 saturated carbocycles. The van der Waals surface area contributed by atoms with E-state index in [4.69, 9.17) is 10.5 Å². The molecule has 0 spiro atoms. The van der Waals surface area contributed by atoms with Crippen LogP contribution in [0.2, 0.25) is 0 Å². The Morgan fingerprint density at radius 1 is 1.06 bits per heavy atom. The number of piperidine rings is 1. The molecule has 31 heavy (non-hydrogen) atoms. The first-order valence-corrected chi connectivity index (χ1v) is 10.6. The number of H-pyrrole nitrogens is 1. The minimum atomic E-state index is -0.716. The normalized spacial score (nSPS) is 14.5. The molecule has 0 radical (unpaired) electrons. The second-order valence-electron chi connectivity index (χ2n) is 7.09. The van der Waals surface area contributed by atoms with Crippen LogP contribution < -0.4 is 21.3 Å². The third kappa shape index (κ3) is 5.21. The maximum atomic E-state index is 13.3. The molecule has 4 rings (SSSR count). The van der Waals surface area contributed by atoms with Gasteiger partial charge in [-0.3, -0.25) is 14.2 Å². The zero-order chi connectivity index (χ0) is 21.8. The molecule has 1 saturated heterocycles. The minimum Gasteiger partial charge on any atom is -0.457 e. The molecule has 1 aliphatic heterocycles. The number of hydrogen-bond acceptors (Lipinski definition) is 6. The van der Waals surface area contributed by atoms with E-state index in [2.05, 4.69) is 14.8 Å². The summed E-state index contributed by atoms with van der Waals surface area (Å²) in [7, 11) is 0. The van der Waals surface area contributed by atoms with E-state index in [-0.39, 0.29) is 17.1 Å². The van der Waals surface area contributed by atoms with E-state index >= 15 is 0 Å². The molecule has 2 aromatic carbocycles. The van der Waals surface area contributed by atoms with E-state index in [9.17, 15) is 13.6 Å². The fraction of sp³-hybridized carbons (Fsp3) is 0.238. The van der Waals surface area contributed by atoms with Crippen molar-refractivity contribution in [2.75, 3.05) is 18.4 Å². The second kappa shape index (κ2) is 9.17. The van der Waals surface area contributed by atoms with Gasteiger partial charge in [0.1, 0.15) is 33.7 Å². The number of nitrogens with two attached hydrogens (primary N) is 1. The van der Waals surface area contributed by atoms with Crippen molar-refractivity contribution in [3.05, 3.63) is 70.0 Å². The highest BCUT2D eigenvalue weighted by Gasteiger charge is 2.17. The number of aromatic nitrogens is 1. The molecule has 1 fully saturated rings. The van der Waals surface area contributed by atoms with Crippen LogP contribution in [0.1, 0.15) is 24.8 Å². The molecule has 0 unspecified atom stereocenters. The van der Waals surface area contributed by atoms with Gasteiger partial charge in [0, 0.05) is 37.0 Å². The lowest BCUT2D eigenvalue weighted by Crippen LogP contribution is -2.30. The molecule has 162 valence electrons. The van der Waals surface area contributed by atoms with Gasteiger partial charge < -0.3 is 15.8 Å². The molecule has 0 amide bonds. The fourth-order valence-corrected chi connectivity index (χ4v) is 4.03. The molecular formula is C21H21F2N5O2S. The number of rotatable bonds is 6. The molecule has 1 aliphatic rings. The van der Waals surface area contributed by atoms with Gasteiger partial charge in [-0.2, -0.15) is 5.10 Å². The van der Waals surface area contributed by atoms with Crippen LogP contribution in [0.4, 0.5) is 19.5 Å². The van der Waals surface area contributed by atoms with Crippen LogP contribution in [-0.4, -0.2) is 28.3 Å². The molecule has 1 aromatic heterocycles. The molecular weight excluding hydrogens is 424 g/mol. The molecule has 3 aromatic rings. The number of hydrazone groups is 1. The summed E-state index contributed by atoms with van der Waals surface area (Å²) >= 11 is 1.13. The lowest BCUT2D eigenvalue weighted by molar-refractivity contribution is 0.239. The number of ether oxygens (including phenoxy) is 1. The second-order valence-corrected chi connectivity index (χ2v) is 7.91. The highest BCUT2D eigenvalue weighted by molar-refractivity contribution is 7.10. The number of halogens is 2. The minimum absolute atomic E-state index is 0.0612. The summed E-state index contributed by atoms with van der Waals surface area (Å²) in [4.78, 5) is 12.3. The Hall–Kier alpha value is -3.40. The maximum absolute atomic E-state index is 13.3. The standard InChI is InChI=1S/C21H21F2N5O2S/c22-13-10-14(23)12-17(11-13)30-16-6-4-15(5-7-16)25-21-18(20(29)27-31-21)19(24)26-28-8-2-1-3-9-28/h4-7,10-12,25H,1-3,8-9H2,(H2,24,26)(H,27,29). The number of anilines is 2. The predicted molar refractivity (Wildman–Crippen MR) is 117 cm³/mol. The van der Waals surface area contributed by atoms with Crippen molar-refractivity contribution in [1.82, 2.24) is 9.38 Å². The van der Waals surface area contributed by atoms with Crippen molar-refractivity contribution in [2.45, 2.75) is 19.3 Å². The first-order valence-electron chi connectivity index (χ1n) is 9.80. The fourth-order valence-electron chi connectivity index (χ4n) is 3.26. The highest BCUT2D eigenvalue weighted by Crippen LogP contribution is 2.27. The molecule has 0 aliphatic carbocycles. The third-order valence-corrected chi connectivity index (χ3v) is 5.52. The van der Waals surface area contributed by atoms with Crippen molar-refractivity contribution in [1.29, 1.82) is 0 Å². The van der Waals surface area contributed by atoms with Crippen LogP contribution in [-0.2, 0) is 0 Å². The third-order valence-electron chi connectivity index (χ3n) is 4.72. The largest absolute Gasteiger partial charge is 0.457 e. The quantitative estimate of drug-likeness (QED) is 0.387. The van der Waals surface area contributed by atoms with Crippen LogP contribution >= 0.6 is 11.5 Å². The first kappa shape index (κ1) is 20.9. The van der Waals surface area contributed by atoms with Gasteiger partial charge in [0.25, 0.3) is 5.56 Å². The summed E-state index contributed by atoms with van der Waals surface area (Å²) in [5.41, 5.74) is 6.81. The number of nitrogens with zero attached hydrogens (tertiary/aromatic N) is 2. The van der Waals surface area contributed by atoms with Crippen molar-refractivity contribution in [3.8, 4) is 11.5 Å². The monoisotopic (exact) mass is 445 g/mol. The lowest BCUT2D eigenvalue weighted by Gasteiger charge is -2.23. The Morgan fingerprint density at radius 3 is 2.42 bits per heavy atom. The summed E-state index contributed by atoms with van der Waals surface area (Å²) in [6, 6.07) is 9.71. The van der Waals surface area contributed by atoms with Crippen LogP contribution in [0.25, 0.3) is 0 Å². The van der Waals surface area contributed by atoms with Crippen molar-refractivity contribution < 1.29 is 13.5 Å². The van der Waals surface area contributed by atoms with E-state index in [0.29, 0.717) is 22.0 Å². The Morgan fingerprint density at radius 2 is 1.74 bits per heavy atom. The zero-order valence-electron chi connectivity index (χ0n) is 16.5. The van der Waals surface area contributed by atoms with E-state index in [1.807, 2.05) is 5.01 Å². The van der Waals surface area contributed by atoms with Gasteiger partial charge in [-0.05, 0) is 55.1 Å². The van der Waals surface area contributed by atoms with Crippen LogP contribution in [0.15, 0.2) is 52.4 Å². The van der Waals surface area contributed by atoms with E-state index < -0.39 is 11.6 Å². The summed E-state index contributed by atoms with van der Waals surface area (Å²) < 4.78 is 34.8. The topological polar surface area (TPSA) is 95.7 Å². The smallest absolute Gasteiger partial charge is 0.271 e. The number of aromatic amines is 1. The van der Waals surface area contributed by atoms with Gasteiger partial charge in [-0.1, -0.05) is 0 Å². The number of hydrogen-bond donors (Lipinski definition) is 3. The predicted octanol–water partition coefficient (Wildman–Crippen LogP) is 4.36. The Labute approximate surface area is 181 Å². The summed E-state index contributed by atoms with van der Waals surface area (Å²) in [5.74, 6) is -0.797. The van der Waals surface area contributed by atoms with Gasteiger partial charge in [0.2, 0.25) is 0 Å². The average Bonchev–Trinajstić information content (AvgIpc) is 3.09. The lowest BCUT2D eigenvalue weighted by atomic mass is 10.2. The van der Waals surface area contributed by atoms with Crippen LogP contribution in [0, 0.1) is 11.6 Å². The summed E-state index contributed by atoms with van der Waals surface area (Å²) in [6.07, 6.45) is 3.28. The molecule has 4 N–H and O–H groups in total. The Bertz CT molecular complexity index is 1120. The van der Waals surface area contributed by atoms with Gasteiger partial charge >= 0.3 is 0 Å². The maximum Gasteiger partial charge on any atom is 0.271 e. The molecule has 7 nitrogen and oxygen atoms in total. The number of nitrogens with one attached hydrogen (secondary N) is 2. The van der Waals surface area contributed by atoms with Crippen molar-refractivity contribution >= 4 is 28.1 Å². The van der Waals surface area contributed by atoms with Gasteiger partial charge in [-0.15, -0.1) is 0 Å². The highest BCUT2D eigenvalue weighted by atomic mass is 32.1. The van der Waals surface area contributed by atoms with Gasteiger partial charge in [0.15, 0.2) is 5.84 Å². The molecule has 0 atom stereocenters. The Kier molecular flexibility index (Phi) is 6.17. The number of amidine groups is 1. The summed E-state index contributed by atoms with van der Waals surface area (Å²) in [5, 5.41) is 10.00. The number of benzene rings is 2. The SMILES string of the molecule is NC(=NN1CCCCC1)c1c(Nc2ccc(Oc3cc(F)cc(F)c3)cc2)s[nH]c1=O. The summed E-state index contributed by atoms with van der Waals surface area (Å²) in [6.45, 7) is 1.64.